The molecule has 18 nitrogen and oxygen atoms in total. The van der Waals surface area contributed by atoms with E-state index in [1.807, 2.05) is 117 Å². The van der Waals surface area contributed by atoms with Crippen LogP contribution in [0.4, 0.5) is 11.4 Å². The first kappa shape index (κ1) is 67.9. The van der Waals surface area contributed by atoms with E-state index in [1.165, 1.54) is 31.8 Å². The van der Waals surface area contributed by atoms with Crippen molar-refractivity contribution in [1.29, 1.82) is 0 Å². The molecule has 0 atom stereocenters. The van der Waals surface area contributed by atoms with Crippen molar-refractivity contribution in [2.75, 3.05) is 0 Å². The number of rotatable bonds is 12. The van der Waals surface area contributed by atoms with Crippen LogP contribution in [0.3, 0.4) is 0 Å². The molecule has 0 bridgehead atoms. The average molecular weight is 1530 g/mol. The fourth-order valence-corrected chi connectivity index (χ4v) is 16.0. The van der Waals surface area contributed by atoms with Crippen LogP contribution in [-0.4, -0.2) is 18.2 Å². The van der Waals surface area contributed by atoms with Crippen molar-refractivity contribution < 1.29 is 102 Å². The Morgan fingerprint density at radius 1 is 0.333 bits per heavy atom. The normalized spacial score (nSPS) is 11.3. The fraction of sp³-hybridized carbons (Fsp3) is 0.0400. The van der Waals surface area contributed by atoms with Crippen LogP contribution in [0.2, 0.25) is 0 Å². The molecule has 2 N–H and O–H groups in total. The minimum absolute atomic E-state index is 0.122. The Morgan fingerprint density at radius 2 is 0.474 bits per heavy atom. The van der Waals surface area contributed by atoms with Crippen molar-refractivity contribution >= 4 is 114 Å². The van der Waals surface area contributed by atoms with Gasteiger partial charge in [0.25, 0.3) is 11.4 Å². The zero-order valence-electron chi connectivity index (χ0n) is 39.8. The summed E-state index contributed by atoms with van der Waals surface area (Å²) in [5.41, 5.74) is 2.44. The predicted octanol–water partition coefficient (Wildman–Crippen LogP) is 9.11. The van der Waals surface area contributed by atoms with Crippen molar-refractivity contribution in [3.05, 3.63) is 262 Å². The third-order valence-corrected chi connectivity index (χ3v) is 19.1. The summed E-state index contributed by atoms with van der Waals surface area (Å²) in [5, 5.41) is 30.0. The SMILES string of the molecule is O=[N+]([O-])c1ccc(C[P+](c2ccccc2)(c2ccccc2)c2ccccc2)cc1.O=[N+]([O-])c1ccc(C[P+](c2ccccc2)(c2ccccc2)c2ccccc2)cc1.[O]=[Mn](=[O])([O-])[Br].[O]=[Mn](=[O])([O-])[Br].[O]=[Mn](=[O])([OH])[Br].[O]=[Mn](=[O])([OH])[Br]. The first-order chi connectivity index (χ1) is 36.4. The van der Waals surface area contributed by atoms with Gasteiger partial charge in [-0.3, -0.25) is 20.2 Å². The first-order valence-corrected chi connectivity index (χ1v) is 42.9. The van der Waals surface area contributed by atoms with Crippen LogP contribution >= 0.6 is 71.0 Å². The van der Waals surface area contributed by atoms with Gasteiger partial charge >= 0.3 is 149 Å². The summed E-state index contributed by atoms with van der Waals surface area (Å²) in [4.78, 5) is 21.4. The summed E-state index contributed by atoms with van der Waals surface area (Å²) in [7, 11) is -3.97. The van der Waals surface area contributed by atoms with E-state index in [-0.39, 0.29) is 21.2 Å². The number of nitro groups is 2. The van der Waals surface area contributed by atoms with Crippen molar-refractivity contribution in [1.82, 2.24) is 0 Å². The van der Waals surface area contributed by atoms with Crippen LogP contribution in [0, 0.1) is 20.2 Å². The minimum atomic E-state index is -4.56. The summed E-state index contributed by atoms with van der Waals surface area (Å²) >= 11 is -10.1. The van der Waals surface area contributed by atoms with Gasteiger partial charge in [0.05, 0.1) is 22.2 Å². The van der Waals surface area contributed by atoms with Crippen molar-refractivity contribution in [2.45, 2.75) is 12.3 Å². The predicted molar refractivity (Wildman–Crippen MR) is 290 cm³/mol. The molecule has 0 aliphatic rings. The van der Waals surface area contributed by atoms with E-state index in [0.717, 1.165) is 23.5 Å². The number of nitrogens with zero attached hydrogens (tertiary/aromatic N) is 2. The van der Waals surface area contributed by atoms with Crippen LogP contribution in [0.1, 0.15) is 11.1 Å². The molecule has 0 heterocycles. The molecular formula is C50H44Br4Mn4N2O16P2. The molecule has 0 spiro atoms. The molecule has 0 aromatic heterocycles. The molecule has 0 saturated carbocycles. The molecule has 0 saturated heterocycles. The summed E-state index contributed by atoms with van der Waals surface area (Å²) in [5.74, 6) is 0. The zero-order chi connectivity index (χ0) is 58.2. The Kier molecular flexibility index (Phi) is 28.0. The van der Waals surface area contributed by atoms with Gasteiger partial charge in [0.1, 0.15) is 46.4 Å². The second-order valence-electron chi connectivity index (χ2n) is 15.3. The van der Waals surface area contributed by atoms with Gasteiger partial charge < -0.3 is 0 Å². The Labute approximate surface area is 485 Å². The summed E-state index contributed by atoms with van der Waals surface area (Å²) in [6, 6.07) is 77.8. The average Bonchev–Trinajstić information content (AvgIpc) is 3.38. The van der Waals surface area contributed by atoms with Crippen LogP contribution in [0.5, 0.6) is 0 Å². The second-order valence-corrected chi connectivity index (χ2v) is 39.2. The number of hydrogen-bond donors (Lipinski definition) is 2. The summed E-state index contributed by atoms with van der Waals surface area (Å²) in [6.45, 7) is 0. The fourth-order valence-electron chi connectivity index (χ4n) is 7.53. The zero-order valence-corrected chi connectivity index (χ0v) is 52.6. The van der Waals surface area contributed by atoms with E-state index in [9.17, 15) is 20.2 Å². The molecule has 0 radical (unpaired) electrons. The number of non-ortho nitro benzene ring substituents is 2. The van der Waals surface area contributed by atoms with Crippen LogP contribution in [-0.2, 0) is 87.9 Å². The van der Waals surface area contributed by atoms with Gasteiger partial charge in [-0.25, -0.2) is 0 Å². The first-order valence-electron chi connectivity index (χ1n) is 21.4. The van der Waals surface area contributed by atoms with E-state index < -0.39 is 59.4 Å². The van der Waals surface area contributed by atoms with Gasteiger partial charge in [-0.1, -0.05) is 109 Å². The quantitative estimate of drug-likeness (QED) is 0.0498. The van der Waals surface area contributed by atoms with Gasteiger partial charge in [0.15, 0.2) is 0 Å². The number of hydrogen-bond acceptors (Lipinski definition) is 14. The molecule has 8 rings (SSSR count). The van der Waals surface area contributed by atoms with Gasteiger partial charge in [0, 0.05) is 24.3 Å². The van der Waals surface area contributed by atoms with E-state index in [0.29, 0.717) is 0 Å². The summed E-state index contributed by atoms with van der Waals surface area (Å²) in [6.07, 6.45) is 1.62. The van der Waals surface area contributed by atoms with Crippen molar-refractivity contribution in [2.24, 2.45) is 0 Å². The number of halogens is 4. The Bertz CT molecular complexity index is 3080. The molecule has 416 valence electrons. The van der Waals surface area contributed by atoms with Crippen LogP contribution in [0.25, 0.3) is 0 Å². The van der Waals surface area contributed by atoms with Crippen molar-refractivity contribution in [3.63, 3.8) is 0 Å². The van der Waals surface area contributed by atoms with E-state index in [1.54, 1.807) is 24.3 Å². The second kappa shape index (κ2) is 32.2. The Morgan fingerprint density at radius 3 is 0.603 bits per heavy atom. The van der Waals surface area contributed by atoms with Gasteiger partial charge in [-0.15, -0.1) is 0 Å². The standard InChI is InChI=1S/2C25H21NO2P.4BrH.4Mn.2H2O.10O/c2*27-26(28)22-18-16-21(17-19-22)20-29(23-10-4-1-5-11-23,24-12-6-2-7-13-24)25-14-8-3-9-15-25;;;;;;;;;;;;;;;;;;;;/h2*1-19H,20H2;4*1H;;;;;2*1H2;;;;;;;;;;/q2*+1;;;;;2*+1;2*+2;;;;;;;;;;;2*-1/p-6. The molecule has 0 aliphatic carbocycles. The van der Waals surface area contributed by atoms with Gasteiger partial charge in [0.2, 0.25) is 0 Å². The molecule has 0 aliphatic heterocycles. The third-order valence-electron chi connectivity index (χ3n) is 10.3. The van der Waals surface area contributed by atoms with Crippen molar-refractivity contribution in [3.8, 4) is 0 Å². The van der Waals surface area contributed by atoms with Gasteiger partial charge in [-0.05, 0) is 108 Å². The van der Waals surface area contributed by atoms with Crippen LogP contribution < -0.4 is 40.2 Å². The molecule has 8 aromatic carbocycles. The number of nitro benzene ring substituents is 2. The topological polar surface area (TPSA) is 309 Å². The molecule has 78 heavy (non-hydrogen) atoms. The maximum absolute atomic E-state index is 11.1. The molecule has 0 fully saturated rings. The van der Waals surface area contributed by atoms with E-state index in [2.05, 4.69) is 146 Å². The maximum atomic E-state index is 11.1. The number of benzene rings is 8. The van der Waals surface area contributed by atoms with Crippen LogP contribution in [0.15, 0.2) is 231 Å². The molecule has 28 heteroatoms. The Balaban J connectivity index is 0.000000305. The molecular weight excluding hydrogens is 1490 g/mol. The van der Waals surface area contributed by atoms with E-state index in [4.69, 9.17) is 47.4 Å². The molecule has 0 unspecified atom stereocenters. The van der Waals surface area contributed by atoms with E-state index >= 15 is 0 Å². The molecule has 0 amide bonds. The monoisotopic (exact) mass is 1530 g/mol. The third kappa shape index (κ3) is 25.8. The molecule has 8 aromatic rings. The van der Waals surface area contributed by atoms with Gasteiger partial charge in [-0.2, -0.15) is 0 Å². The Hall–Kier alpha value is -4.34. The summed E-state index contributed by atoms with van der Waals surface area (Å²) < 4.78 is 106.